The first-order valence-electron chi connectivity index (χ1n) is 6.57. The van der Waals surface area contributed by atoms with Gasteiger partial charge >= 0.3 is 0 Å². The van der Waals surface area contributed by atoms with E-state index in [4.69, 9.17) is 5.14 Å². The van der Waals surface area contributed by atoms with Gasteiger partial charge in [0, 0.05) is 30.5 Å². The van der Waals surface area contributed by atoms with Crippen LogP contribution in [0.4, 0.5) is 5.69 Å². The number of benzene rings is 1. The summed E-state index contributed by atoms with van der Waals surface area (Å²) in [7, 11) is -1.81. The molecule has 1 aromatic carbocycles. The molecule has 7 heteroatoms. The quantitative estimate of drug-likeness (QED) is 0.898. The lowest BCUT2D eigenvalue weighted by atomic mass is 10.1. The highest BCUT2D eigenvalue weighted by Crippen LogP contribution is 2.23. The Balaban J connectivity index is 2.29. The highest BCUT2D eigenvalue weighted by molar-refractivity contribution is 7.89. The molecule has 0 fully saturated rings. The number of nitrogens with one attached hydrogen (secondary N) is 1. The Kier molecular flexibility index (Phi) is 4.06. The minimum absolute atomic E-state index is 0.145. The molecule has 1 aromatic heterocycles. The van der Waals surface area contributed by atoms with Crippen LogP contribution in [-0.2, 0) is 23.6 Å². The second kappa shape index (κ2) is 5.50. The minimum Gasteiger partial charge on any atom is -0.381 e. The molecule has 2 rings (SSSR count). The molecule has 1 heterocycles. The fourth-order valence-corrected chi connectivity index (χ4v) is 3.18. The van der Waals surface area contributed by atoms with Gasteiger partial charge in [0.25, 0.3) is 0 Å². The third-order valence-corrected chi connectivity index (χ3v) is 4.76. The zero-order valence-electron chi connectivity index (χ0n) is 12.6. The molecule has 0 aliphatic heterocycles. The van der Waals surface area contributed by atoms with Gasteiger partial charge in [-0.3, -0.25) is 4.68 Å². The molecular formula is C14H20N4O2S. The predicted octanol–water partition coefficient (Wildman–Crippen LogP) is 1.60. The zero-order valence-corrected chi connectivity index (χ0v) is 13.5. The van der Waals surface area contributed by atoms with Gasteiger partial charge in [-0.15, -0.1) is 0 Å². The maximum Gasteiger partial charge on any atom is 0.238 e. The van der Waals surface area contributed by atoms with Gasteiger partial charge in [0.15, 0.2) is 0 Å². The third kappa shape index (κ3) is 3.08. The van der Waals surface area contributed by atoms with Gasteiger partial charge in [0.1, 0.15) is 0 Å². The number of hydrogen-bond donors (Lipinski definition) is 2. The van der Waals surface area contributed by atoms with Crippen LogP contribution in [0.15, 0.2) is 23.1 Å². The van der Waals surface area contributed by atoms with E-state index in [1.165, 1.54) is 6.07 Å². The number of nitrogens with zero attached hydrogens (tertiary/aromatic N) is 2. The fourth-order valence-electron chi connectivity index (χ4n) is 2.37. The number of nitrogens with two attached hydrogens (primary N) is 1. The molecule has 0 radical (unpaired) electrons. The van der Waals surface area contributed by atoms with Gasteiger partial charge in [-0.05, 0) is 38.5 Å². The molecule has 0 unspecified atom stereocenters. The van der Waals surface area contributed by atoms with E-state index >= 15 is 0 Å². The van der Waals surface area contributed by atoms with E-state index in [9.17, 15) is 8.42 Å². The van der Waals surface area contributed by atoms with E-state index in [1.807, 2.05) is 31.6 Å². The van der Waals surface area contributed by atoms with E-state index in [2.05, 4.69) is 10.4 Å². The van der Waals surface area contributed by atoms with Gasteiger partial charge < -0.3 is 5.32 Å². The number of sulfonamides is 1. The summed E-state index contributed by atoms with van der Waals surface area (Å²) in [4.78, 5) is 0.145. The lowest BCUT2D eigenvalue weighted by molar-refractivity contribution is 0.597. The Morgan fingerprint density at radius 2 is 1.95 bits per heavy atom. The highest BCUT2D eigenvalue weighted by Gasteiger charge is 2.14. The van der Waals surface area contributed by atoms with Gasteiger partial charge in [-0.25, -0.2) is 13.6 Å². The molecule has 0 spiro atoms. The number of aromatic nitrogens is 2. The average Bonchev–Trinajstić information content (AvgIpc) is 2.61. The number of aryl methyl sites for hydroxylation is 2. The molecule has 0 saturated carbocycles. The smallest absolute Gasteiger partial charge is 0.238 e. The van der Waals surface area contributed by atoms with Gasteiger partial charge in [0.2, 0.25) is 10.0 Å². The first-order chi connectivity index (χ1) is 9.71. The average molecular weight is 308 g/mol. The molecule has 2 aromatic rings. The lowest BCUT2D eigenvalue weighted by Crippen LogP contribution is -2.14. The molecular weight excluding hydrogens is 288 g/mol. The molecule has 0 atom stereocenters. The van der Waals surface area contributed by atoms with E-state index in [-0.39, 0.29) is 4.90 Å². The molecule has 0 amide bonds. The van der Waals surface area contributed by atoms with Crippen molar-refractivity contribution in [2.24, 2.45) is 12.2 Å². The largest absolute Gasteiger partial charge is 0.381 e. The summed E-state index contributed by atoms with van der Waals surface area (Å²) in [6.07, 6.45) is 0. The maximum absolute atomic E-state index is 11.5. The van der Waals surface area contributed by atoms with Crippen LogP contribution in [0.1, 0.15) is 22.5 Å². The van der Waals surface area contributed by atoms with Crippen LogP contribution in [0.25, 0.3) is 0 Å². The van der Waals surface area contributed by atoms with Crippen LogP contribution in [0.2, 0.25) is 0 Å². The molecule has 0 bridgehead atoms. The molecule has 114 valence electrons. The van der Waals surface area contributed by atoms with Gasteiger partial charge in [-0.2, -0.15) is 5.10 Å². The number of rotatable bonds is 4. The first-order valence-corrected chi connectivity index (χ1v) is 8.12. The van der Waals surface area contributed by atoms with Crippen molar-refractivity contribution >= 4 is 15.7 Å². The Morgan fingerprint density at radius 1 is 1.29 bits per heavy atom. The fraction of sp³-hybridized carbons (Fsp3) is 0.357. The topological polar surface area (TPSA) is 90.0 Å². The summed E-state index contributed by atoms with van der Waals surface area (Å²) in [6.45, 7) is 6.29. The predicted molar refractivity (Wildman–Crippen MR) is 82.6 cm³/mol. The SMILES string of the molecule is Cc1nn(C)c(C)c1CNc1cccc(S(N)(=O)=O)c1C. The molecule has 6 nitrogen and oxygen atoms in total. The van der Waals surface area contributed by atoms with Crippen molar-refractivity contribution in [2.75, 3.05) is 5.32 Å². The molecule has 0 saturated heterocycles. The second-order valence-electron chi connectivity index (χ2n) is 5.10. The Labute approximate surface area is 125 Å². The Bertz CT molecular complexity index is 779. The van der Waals surface area contributed by atoms with E-state index in [0.717, 1.165) is 22.6 Å². The van der Waals surface area contributed by atoms with Crippen molar-refractivity contribution in [3.05, 3.63) is 40.7 Å². The number of hydrogen-bond acceptors (Lipinski definition) is 4. The molecule has 3 N–H and O–H groups in total. The van der Waals surface area contributed by atoms with Crippen LogP contribution < -0.4 is 10.5 Å². The van der Waals surface area contributed by atoms with Crippen LogP contribution in [0.5, 0.6) is 0 Å². The second-order valence-corrected chi connectivity index (χ2v) is 6.63. The van der Waals surface area contributed by atoms with Crippen molar-refractivity contribution in [2.45, 2.75) is 32.2 Å². The van der Waals surface area contributed by atoms with Crippen molar-refractivity contribution in [1.82, 2.24) is 9.78 Å². The van der Waals surface area contributed by atoms with Crippen LogP contribution >= 0.6 is 0 Å². The first kappa shape index (κ1) is 15.5. The maximum atomic E-state index is 11.5. The van der Waals surface area contributed by atoms with Crippen molar-refractivity contribution in [3.8, 4) is 0 Å². The minimum atomic E-state index is -3.71. The summed E-state index contributed by atoms with van der Waals surface area (Å²) in [5, 5.41) is 12.8. The summed E-state index contributed by atoms with van der Waals surface area (Å²) < 4.78 is 24.9. The van der Waals surface area contributed by atoms with E-state index < -0.39 is 10.0 Å². The normalized spacial score (nSPS) is 11.7. The summed E-state index contributed by atoms with van der Waals surface area (Å²) in [6, 6.07) is 5.03. The van der Waals surface area contributed by atoms with Gasteiger partial charge in [0.05, 0.1) is 10.6 Å². The van der Waals surface area contributed by atoms with Crippen LogP contribution in [-0.4, -0.2) is 18.2 Å². The van der Waals surface area contributed by atoms with Gasteiger partial charge in [-0.1, -0.05) is 6.07 Å². The van der Waals surface area contributed by atoms with Crippen LogP contribution in [0.3, 0.4) is 0 Å². The number of anilines is 1. The van der Waals surface area contributed by atoms with Crippen LogP contribution in [0, 0.1) is 20.8 Å². The zero-order chi connectivity index (χ0) is 15.8. The molecule has 0 aliphatic rings. The Hall–Kier alpha value is -1.86. The standard InChI is InChI=1S/C14H20N4O2S/c1-9-13(6-5-7-14(9)21(15,19)20)16-8-12-10(2)17-18(4)11(12)3/h5-7,16H,8H2,1-4H3,(H2,15,19,20). The highest BCUT2D eigenvalue weighted by atomic mass is 32.2. The lowest BCUT2D eigenvalue weighted by Gasteiger charge is -2.12. The monoisotopic (exact) mass is 308 g/mol. The Morgan fingerprint density at radius 3 is 2.48 bits per heavy atom. The van der Waals surface area contributed by atoms with E-state index in [1.54, 1.807) is 13.0 Å². The molecule has 0 aliphatic carbocycles. The summed E-state index contributed by atoms with van der Waals surface area (Å²) in [5.41, 5.74) is 4.53. The van der Waals surface area contributed by atoms with Crippen molar-refractivity contribution in [3.63, 3.8) is 0 Å². The summed E-state index contributed by atoms with van der Waals surface area (Å²) >= 11 is 0. The summed E-state index contributed by atoms with van der Waals surface area (Å²) in [5.74, 6) is 0. The third-order valence-electron chi connectivity index (χ3n) is 3.71. The number of primary sulfonamides is 1. The van der Waals surface area contributed by atoms with Crippen molar-refractivity contribution in [1.29, 1.82) is 0 Å². The van der Waals surface area contributed by atoms with Crippen molar-refractivity contribution < 1.29 is 8.42 Å². The molecule has 21 heavy (non-hydrogen) atoms. The van der Waals surface area contributed by atoms with E-state index in [0.29, 0.717) is 12.1 Å².